The van der Waals surface area contributed by atoms with E-state index in [1.54, 1.807) is 6.20 Å². The summed E-state index contributed by atoms with van der Waals surface area (Å²) in [5.74, 6) is -10.7. The SMILES string of the molecule is CC(C)(C)[Si](C)(C)n1cc(-c2cc(CNC(=O)OCc3ccccc3)[nH]n2)c2cccnc21.O=C(NCc1cc(C2=CCc3ncccc32)n[nH]1)c1cccn(Cc2cc(F)c(F)c(F)c2)c1=O.O=C(O)c1cccn(Cc2cc(F)c(F)c(F)c2)c1=O. The summed E-state index contributed by atoms with van der Waals surface area (Å²) in [4.78, 5) is 69.1. The molecule has 7 aromatic heterocycles. The molecule has 0 saturated carbocycles. The number of carbonyl (C=O) groups excluding carboxylic acids is 2. The zero-order valence-corrected chi connectivity index (χ0v) is 49.0. The molecular weight excluding hydrogens is 1160 g/mol. The molecule has 0 atom stereocenters. The third-order valence-corrected chi connectivity index (χ3v) is 20.1. The number of amides is 2. The Labute approximate surface area is 499 Å². The van der Waals surface area contributed by atoms with Crippen LogP contribution in [-0.2, 0) is 43.9 Å². The lowest BCUT2D eigenvalue weighted by molar-refractivity contribution is 0.0693. The number of allylic oxidation sites excluding steroid dienone is 1. The molecule has 1 aliphatic carbocycles. The van der Waals surface area contributed by atoms with Crippen molar-refractivity contribution in [2.24, 2.45) is 0 Å². The second-order valence-electron chi connectivity index (χ2n) is 21.8. The van der Waals surface area contributed by atoms with Crippen LogP contribution in [0, 0.1) is 34.9 Å². The number of carbonyl (C=O) groups is 3. The van der Waals surface area contributed by atoms with Gasteiger partial charge in [-0.15, -0.1) is 0 Å². The highest BCUT2D eigenvalue weighted by molar-refractivity contribution is 6.79. The predicted molar refractivity (Wildman–Crippen MR) is 317 cm³/mol. The topological polar surface area (TPSA) is 237 Å². The molecule has 2 amide bonds. The van der Waals surface area contributed by atoms with Crippen molar-refractivity contribution in [1.82, 2.24) is 54.4 Å². The van der Waals surface area contributed by atoms with E-state index in [1.165, 1.54) is 30.6 Å². The second-order valence-corrected chi connectivity index (χ2v) is 26.9. The van der Waals surface area contributed by atoms with Crippen LogP contribution in [-0.4, -0.2) is 75.0 Å². The van der Waals surface area contributed by atoms with Crippen LogP contribution in [0.15, 0.2) is 162 Å². The van der Waals surface area contributed by atoms with Crippen molar-refractivity contribution < 1.29 is 50.6 Å². The lowest BCUT2D eigenvalue weighted by Crippen LogP contribution is -2.45. The molecule has 0 saturated heterocycles. The lowest BCUT2D eigenvalue weighted by Gasteiger charge is -2.38. The number of hydrogen-bond acceptors (Lipinski definition) is 10. The van der Waals surface area contributed by atoms with Gasteiger partial charge in [0.15, 0.2) is 43.1 Å². The van der Waals surface area contributed by atoms with Gasteiger partial charge in [0.05, 0.1) is 54.6 Å². The number of alkyl carbamates (subject to hydrolysis) is 1. The number of carboxylic acids is 1. The Hall–Kier alpha value is -10.4. The second kappa shape index (κ2) is 26.5. The fourth-order valence-electron chi connectivity index (χ4n) is 9.29. The number of aromatic carboxylic acids is 1. The number of nitrogens with one attached hydrogen (secondary N) is 4. The van der Waals surface area contributed by atoms with Gasteiger partial charge in [0, 0.05) is 59.5 Å². The number of hydrogen-bond donors (Lipinski definition) is 5. The van der Waals surface area contributed by atoms with Crippen molar-refractivity contribution in [3.8, 4) is 11.3 Å². The summed E-state index contributed by atoms with van der Waals surface area (Å²) in [6.07, 6.45) is 10.7. The molecule has 0 unspecified atom stereocenters. The maximum absolute atomic E-state index is 13.5. The fraction of sp³-hybridized carbons (Fsp3) is 0.190. The molecule has 0 bridgehead atoms. The number of aromatic nitrogens is 9. The third-order valence-electron chi connectivity index (χ3n) is 14.9. The lowest BCUT2D eigenvalue weighted by atomic mass is 10.1. The Kier molecular flexibility index (Phi) is 18.7. The van der Waals surface area contributed by atoms with Crippen LogP contribution >= 0.6 is 0 Å². The standard InChI is InChI=1S/C25H18F3N5O2.C25H31N5O2Si.C13H8F3NO3/c26-19-9-14(10-20(27)23(19)28)13-33-8-2-4-18(25(33)35)24(34)30-12-15-11-22(32-31-15)17-5-6-21-16(17)3-1-7-29-21;1-25(2,3)33(4,5)30-16-21(20-12-9-13-26-23(20)30)22-14-19(28-29-22)15-27-24(31)32-17-18-10-7-6-8-11-18;14-9-4-7(5-10(15)11(9)16)6-17-3-1-2-8(12(17)18)13(19)20/h1-5,7-11H,6,12-13H2,(H,30,34)(H,31,32);6-14,16H,15,17H2,1-5H3,(H,27,31)(H,28,29);1-5H,6H2,(H,19,20). The van der Waals surface area contributed by atoms with Gasteiger partial charge in [-0.3, -0.25) is 29.6 Å². The van der Waals surface area contributed by atoms with E-state index < -0.39 is 77.8 Å². The third kappa shape index (κ3) is 14.1. The number of H-pyrrole nitrogens is 2. The van der Waals surface area contributed by atoms with Crippen LogP contribution in [0.4, 0.5) is 31.1 Å². The van der Waals surface area contributed by atoms with Crippen LogP contribution in [0.3, 0.4) is 0 Å². The first-order chi connectivity index (χ1) is 42.0. The number of halogens is 6. The highest BCUT2D eigenvalue weighted by atomic mass is 28.3. The minimum atomic E-state index is -1.88. The monoisotopic (exact) mass is 1220 g/mol. The molecule has 0 aliphatic heterocycles. The van der Waals surface area contributed by atoms with Gasteiger partial charge < -0.3 is 33.8 Å². The molecule has 25 heteroatoms. The number of rotatable bonds is 15. The van der Waals surface area contributed by atoms with Gasteiger partial charge in [0.2, 0.25) is 0 Å². The summed E-state index contributed by atoms with van der Waals surface area (Å²) >= 11 is 0. The summed E-state index contributed by atoms with van der Waals surface area (Å²) < 4.78 is 88.9. The van der Waals surface area contributed by atoms with Gasteiger partial charge in [0.25, 0.3) is 17.0 Å². The zero-order chi connectivity index (χ0) is 63.0. The summed E-state index contributed by atoms with van der Waals surface area (Å²) in [7, 11) is -1.88. The molecular formula is C63H57F6N11O7Si. The van der Waals surface area contributed by atoms with Gasteiger partial charge >= 0.3 is 12.1 Å². The van der Waals surface area contributed by atoms with Crippen molar-refractivity contribution in [2.45, 2.75) is 78.1 Å². The molecule has 0 fully saturated rings. The predicted octanol–water partition coefficient (Wildman–Crippen LogP) is 11.1. The van der Waals surface area contributed by atoms with E-state index in [-0.39, 0.29) is 48.0 Å². The van der Waals surface area contributed by atoms with E-state index in [0.29, 0.717) is 12.2 Å². The highest BCUT2D eigenvalue weighted by Crippen LogP contribution is 2.41. The van der Waals surface area contributed by atoms with Crippen molar-refractivity contribution in [3.63, 3.8) is 0 Å². The normalized spacial score (nSPS) is 11.9. The van der Waals surface area contributed by atoms with Crippen LogP contribution in [0.5, 0.6) is 0 Å². The Balaban J connectivity index is 0.000000163. The van der Waals surface area contributed by atoms with E-state index in [2.05, 4.69) is 86.4 Å². The highest BCUT2D eigenvalue weighted by Gasteiger charge is 2.39. The first-order valence-corrected chi connectivity index (χ1v) is 30.2. The van der Waals surface area contributed by atoms with E-state index in [4.69, 9.17) is 14.8 Å². The molecule has 0 spiro atoms. The Morgan fingerprint density at radius 2 is 1.19 bits per heavy atom. The Bertz CT molecular complexity index is 4350. The van der Waals surface area contributed by atoms with Crippen molar-refractivity contribution in [2.75, 3.05) is 0 Å². The van der Waals surface area contributed by atoms with Gasteiger partial charge in [-0.2, -0.15) is 10.2 Å². The van der Waals surface area contributed by atoms with Crippen LogP contribution in [0.1, 0.15) is 86.5 Å². The molecule has 5 N–H and O–H groups in total. The summed E-state index contributed by atoms with van der Waals surface area (Å²) in [5, 5.41) is 30.3. The minimum absolute atomic E-state index is 0.00559. The largest absolute Gasteiger partial charge is 0.477 e. The molecule has 11 rings (SSSR count). The van der Waals surface area contributed by atoms with Gasteiger partial charge in [-0.1, -0.05) is 76.3 Å². The van der Waals surface area contributed by atoms with Crippen LogP contribution in [0.2, 0.25) is 18.1 Å². The average Bonchev–Trinajstić information content (AvgIpc) is 4.32. The van der Waals surface area contributed by atoms with Crippen LogP contribution in [0.25, 0.3) is 27.9 Å². The molecule has 7 heterocycles. The van der Waals surface area contributed by atoms with Gasteiger partial charge in [0.1, 0.15) is 23.4 Å². The van der Waals surface area contributed by atoms with Gasteiger partial charge in [-0.25, -0.2) is 40.9 Å². The summed E-state index contributed by atoms with van der Waals surface area (Å²) in [6.45, 7) is 11.8. The van der Waals surface area contributed by atoms with Crippen molar-refractivity contribution in [1.29, 1.82) is 0 Å². The van der Waals surface area contributed by atoms with E-state index in [9.17, 15) is 50.3 Å². The Morgan fingerprint density at radius 1 is 0.648 bits per heavy atom. The molecule has 1 aliphatic rings. The maximum atomic E-state index is 13.5. The smallest absolute Gasteiger partial charge is 0.407 e. The van der Waals surface area contributed by atoms with Crippen molar-refractivity contribution >= 4 is 42.8 Å². The summed E-state index contributed by atoms with van der Waals surface area (Å²) in [6, 6.07) is 29.7. The number of fused-ring (bicyclic) bond motifs is 2. The maximum Gasteiger partial charge on any atom is 0.407 e. The molecule has 3 aromatic carbocycles. The zero-order valence-electron chi connectivity index (χ0n) is 48.0. The molecule has 10 aromatic rings. The molecule has 88 heavy (non-hydrogen) atoms. The van der Waals surface area contributed by atoms with E-state index in [1.807, 2.05) is 72.9 Å². The quantitative estimate of drug-likeness (QED) is 0.0368. The number of benzene rings is 3. The number of aromatic amines is 2. The van der Waals surface area contributed by atoms with E-state index in [0.717, 1.165) is 102 Å². The number of ether oxygens (including phenoxy) is 1. The number of carboxylic acid groups (broad SMARTS) is 1. The molecule has 0 radical (unpaired) electrons. The minimum Gasteiger partial charge on any atom is -0.477 e. The van der Waals surface area contributed by atoms with Gasteiger partial charge in [-0.05, 0) is 101 Å². The average molecular weight is 1220 g/mol. The van der Waals surface area contributed by atoms with E-state index >= 15 is 0 Å². The molecule has 18 nitrogen and oxygen atoms in total. The summed E-state index contributed by atoms with van der Waals surface area (Å²) in [5.41, 5.74) is 6.91. The first-order valence-electron chi connectivity index (χ1n) is 27.3. The number of nitrogens with zero attached hydrogens (tertiary/aromatic N) is 7. The first kappa shape index (κ1) is 62.1. The fourth-order valence-corrected chi connectivity index (χ4v) is 11.2. The number of pyridine rings is 4. The van der Waals surface area contributed by atoms with Crippen molar-refractivity contribution in [3.05, 3.63) is 264 Å². The molecule has 452 valence electrons. The van der Waals surface area contributed by atoms with Crippen LogP contribution < -0.4 is 21.8 Å². The Morgan fingerprint density at radius 3 is 1.80 bits per heavy atom.